The number of aliphatic imine (C=N–C) groups is 1. The number of nitrogens with one attached hydrogen (secondary N) is 1. The van der Waals surface area contributed by atoms with Crippen molar-refractivity contribution in [2.24, 2.45) is 4.99 Å². The van der Waals surface area contributed by atoms with Crippen LogP contribution in [-0.4, -0.2) is 37.9 Å². The number of benzene rings is 1. The highest BCUT2D eigenvalue weighted by Crippen LogP contribution is 2.02. The van der Waals surface area contributed by atoms with E-state index in [1.54, 1.807) is 6.34 Å². The number of nitrogens with zero attached hydrogens (tertiary/aromatic N) is 2. The molecule has 0 aromatic heterocycles. The van der Waals surface area contributed by atoms with Gasteiger partial charge in [0.15, 0.2) is 0 Å². The minimum atomic E-state index is 0.316. The van der Waals surface area contributed by atoms with Crippen molar-refractivity contribution < 1.29 is 0 Å². The first kappa shape index (κ1) is 11.7. The molecular formula is C12H19N3. The van der Waals surface area contributed by atoms with Crippen molar-refractivity contribution in [3.8, 4) is 0 Å². The van der Waals surface area contributed by atoms with Gasteiger partial charge in [-0.25, -0.2) is 0 Å². The van der Waals surface area contributed by atoms with Crippen LogP contribution in [0.1, 0.15) is 6.92 Å². The summed E-state index contributed by atoms with van der Waals surface area (Å²) < 4.78 is 0. The summed E-state index contributed by atoms with van der Waals surface area (Å²) in [4.78, 5) is 6.51. The Hall–Kier alpha value is -1.35. The predicted octanol–water partition coefficient (Wildman–Crippen LogP) is 2.08. The lowest BCUT2D eigenvalue weighted by atomic mass is 10.3. The molecule has 3 nitrogen and oxygen atoms in total. The number of anilines is 1. The molecule has 1 N–H and O–H groups in total. The molecule has 0 saturated heterocycles. The Labute approximate surface area is 91.8 Å². The van der Waals surface area contributed by atoms with E-state index < -0.39 is 0 Å². The van der Waals surface area contributed by atoms with Gasteiger partial charge in [-0.1, -0.05) is 18.2 Å². The van der Waals surface area contributed by atoms with Crippen LogP contribution in [0.5, 0.6) is 0 Å². The van der Waals surface area contributed by atoms with Crippen molar-refractivity contribution in [2.45, 2.75) is 13.0 Å². The van der Waals surface area contributed by atoms with Crippen molar-refractivity contribution >= 4 is 12.0 Å². The first-order chi connectivity index (χ1) is 7.18. The Balaban J connectivity index is 2.33. The van der Waals surface area contributed by atoms with Crippen molar-refractivity contribution in [3.05, 3.63) is 30.3 Å². The normalized spacial score (nSPS) is 13.3. The first-order valence-corrected chi connectivity index (χ1v) is 5.16. The Bertz CT molecular complexity index is 293. The summed E-state index contributed by atoms with van der Waals surface area (Å²) >= 11 is 0. The Kier molecular flexibility index (Phi) is 4.84. The summed E-state index contributed by atoms with van der Waals surface area (Å²) in [6.07, 6.45) is 1.77. The third-order valence-electron chi connectivity index (χ3n) is 1.96. The highest BCUT2D eigenvalue weighted by Gasteiger charge is 1.98. The molecule has 82 valence electrons. The summed E-state index contributed by atoms with van der Waals surface area (Å²) in [7, 11) is 4.10. The van der Waals surface area contributed by atoms with Gasteiger partial charge in [0, 0.05) is 12.2 Å². The highest BCUT2D eigenvalue weighted by atomic mass is 15.1. The predicted molar refractivity (Wildman–Crippen MR) is 66.6 cm³/mol. The maximum absolute atomic E-state index is 4.38. The zero-order valence-corrected chi connectivity index (χ0v) is 9.64. The Morgan fingerprint density at radius 2 is 2.00 bits per heavy atom. The lowest BCUT2D eigenvalue weighted by Gasteiger charge is -2.12. The summed E-state index contributed by atoms with van der Waals surface area (Å²) in [5, 5.41) is 3.14. The zero-order chi connectivity index (χ0) is 11.1. The van der Waals surface area contributed by atoms with Gasteiger partial charge in [0.2, 0.25) is 0 Å². The molecule has 0 spiro atoms. The molecule has 0 heterocycles. The monoisotopic (exact) mass is 205 g/mol. The van der Waals surface area contributed by atoms with Crippen molar-refractivity contribution in [1.29, 1.82) is 0 Å². The Morgan fingerprint density at radius 1 is 1.33 bits per heavy atom. The van der Waals surface area contributed by atoms with Crippen LogP contribution in [0.3, 0.4) is 0 Å². The smallest absolute Gasteiger partial charge is 0.0871 e. The SMILES string of the molecule is CC(CN(C)C)/N=C/Nc1ccccc1. The van der Waals surface area contributed by atoms with E-state index in [-0.39, 0.29) is 0 Å². The fourth-order valence-electron chi connectivity index (χ4n) is 1.35. The molecule has 1 atom stereocenters. The lowest BCUT2D eigenvalue weighted by Crippen LogP contribution is -2.22. The number of likely N-dealkylation sites (N-methyl/N-ethyl adjacent to an activating group) is 1. The van der Waals surface area contributed by atoms with E-state index in [0.717, 1.165) is 12.2 Å². The molecule has 15 heavy (non-hydrogen) atoms. The molecule has 0 aliphatic rings. The zero-order valence-electron chi connectivity index (χ0n) is 9.64. The van der Waals surface area contributed by atoms with Crippen LogP contribution >= 0.6 is 0 Å². The van der Waals surface area contributed by atoms with Gasteiger partial charge >= 0.3 is 0 Å². The summed E-state index contributed by atoms with van der Waals surface area (Å²) in [5.74, 6) is 0. The van der Waals surface area contributed by atoms with Crippen molar-refractivity contribution in [3.63, 3.8) is 0 Å². The van der Waals surface area contributed by atoms with Gasteiger partial charge in [0.25, 0.3) is 0 Å². The van der Waals surface area contributed by atoms with E-state index in [9.17, 15) is 0 Å². The maximum Gasteiger partial charge on any atom is 0.0871 e. The van der Waals surface area contributed by atoms with Crippen LogP contribution in [0.2, 0.25) is 0 Å². The fourth-order valence-corrected chi connectivity index (χ4v) is 1.35. The Morgan fingerprint density at radius 3 is 2.60 bits per heavy atom. The van der Waals surface area contributed by atoms with E-state index >= 15 is 0 Å². The van der Waals surface area contributed by atoms with E-state index in [4.69, 9.17) is 0 Å². The molecule has 1 unspecified atom stereocenters. The van der Waals surface area contributed by atoms with Gasteiger partial charge in [-0.05, 0) is 33.2 Å². The molecule has 0 fully saturated rings. The summed E-state index contributed by atoms with van der Waals surface area (Å²) in [5.41, 5.74) is 1.07. The molecule has 0 aliphatic heterocycles. The molecule has 0 amide bonds. The molecule has 0 radical (unpaired) electrons. The van der Waals surface area contributed by atoms with Crippen LogP contribution in [0.15, 0.2) is 35.3 Å². The van der Waals surface area contributed by atoms with Gasteiger partial charge in [-0.15, -0.1) is 0 Å². The van der Waals surface area contributed by atoms with Gasteiger partial charge < -0.3 is 10.2 Å². The van der Waals surface area contributed by atoms with E-state index in [0.29, 0.717) is 6.04 Å². The summed E-state index contributed by atoms with van der Waals surface area (Å²) in [6, 6.07) is 10.3. The molecule has 1 rings (SSSR count). The maximum atomic E-state index is 4.38. The van der Waals surface area contributed by atoms with Crippen LogP contribution < -0.4 is 5.32 Å². The second kappa shape index (κ2) is 6.19. The van der Waals surface area contributed by atoms with E-state index in [1.807, 2.05) is 30.3 Å². The summed E-state index contributed by atoms with van der Waals surface area (Å²) in [6.45, 7) is 3.07. The van der Waals surface area contributed by atoms with Gasteiger partial charge in [-0.3, -0.25) is 4.99 Å². The standard InChI is InChI=1S/C12H19N3/c1-11(9-15(2)3)13-10-14-12-7-5-4-6-8-12/h4-8,10-11H,9H2,1-3H3,(H,13,14). The molecule has 1 aromatic rings. The van der Waals surface area contributed by atoms with Crippen molar-refractivity contribution in [1.82, 2.24) is 4.90 Å². The van der Waals surface area contributed by atoms with E-state index in [1.165, 1.54) is 0 Å². The lowest BCUT2D eigenvalue weighted by molar-refractivity contribution is 0.384. The van der Waals surface area contributed by atoms with Crippen LogP contribution in [0.25, 0.3) is 0 Å². The minimum absolute atomic E-state index is 0.316. The molecule has 3 heteroatoms. The molecule has 1 aromatic carbocycles. The molecular weight excluding hydrogens is 186 g/mol. The number of rotatable bonds is 5. The van der Waals surface area contributed by atoms with Crippen LogP contribution in [-0.2, 0) is 0 Å². The number of para-hydroxylation sites is 1. The highest BCUT2D eigenvalue weighted by molar-refractivity contribution is 5.75. The number of hydrogen-bond acceptors (Lipinski definition) is 2. The number of hydrogen-bond donors (Lipinski definition) is 1. The average molecular weight is 205 g/mol. The largest absolute Gasteiger partial charge is 0.347 e. The quantitative estimate of drug-likeness (QED) is 0.588. The first-order valence-electron chi connectivity index (χ1n) is 5.16. The van der Waals surface area contributed by atoms with Gasteiger partial charge in [-0.2, -0.15) is 0 Å². The van der Waals surface area contributed by atoms with Gasteiger partial charge in [0.1, 0.15) is 0 Å². The molecule has 0 aliphatic carbocycles. The van der Waals surface area contributed by atoms with Crippen LogP contribution in [0.4, 0.5) is 5.69 Å². The second-order valence-corrected chi connectivity index (χ2v) is 3.90. The molecule has 0 bridgehead atoms. The fraction of sp³-hybridized carbons (Fsp3) is 0.417. The third-order valence-corrected chi connectivity index (χ3v) is 1.96. The van der Waals surface area contributed by atoms with Gasteiger partial charge in [0.05, 0.1) is 12.4 Å². The van der Waals surface area contributed by atoms with E-state index in [2.05, 4.69) is 36.2 Å². The molecule has 0 saturated carbocycles. The third kappa shape index (κ3) is 5.18. The minimum Gasteiger partial charge on any atom is -0.347 e. The van der Waals surface area contributed by atoms with Crippen molar-refractivity contribution in [2.75, 3.05) is 26.0 Å². The topological polar surface area (TPSA) is 27.6 Å². The average Bonchev–Trinajstić information content (AvgIpc) is 2.18. The van der Waals surface area contributed by atoms with Crippen LogP contribution in [0, 0.1) is 0 Å². The second-order valence-electron chi connectivity index (χ2n) is 3.90.